The first kappa shape index (κ1) is 8.78. The van der Waals surface area contributed by atoms with Gasteiger partial charge in [-0.15, -0.1) is 0 Å². The third-order valence-corrected chi connectivity index (χ3v) is 1.85. The maximum Gasteiger partial charge on any atom is 0.125 e. The number of halogens is 1. The molecule has 1 aromatic carbocycles. The van der Waals surface area contributed by atoms with E-state index in [0.717, 1.165) is 17.5 Å². The van der Waals surface area contributed by atoms with Crippen LogP contribution >= 0.6 is 0 Å². The highest BCUT2D eigenvalue weighted by Crippen LogP contribution is 2.20. The van der Waals surface area contributed by atoms with Gasteiger partial charge in [-0.3, -0.25) is 0 Å². The zero-order chi connectivity index (χ0) is 9.14. The van der Waals surface area contributed by atoms with E-state index in [2.05, 4.69) is 6.58 Å². The van der Waals surface area contributed by atoms with Crippen LogP contribution < -0.4 is 5.73 Å². The predicted octanol–water partition coefficient (Wildman–Crippen LogP) is 2.61. The maximum absolute atomic E-state index is 12.8. The van der Waals surface area contributed by atoms with Gasteiger partial charge in [0.05, 0.1) is 0 Å². The van der Waals surface area contributed by atoms with E-state index in [1.165, 1.54) is 12.1 Å². The zero-order valence-corrected chi connectivity index (χ0v) is 7.10. The van der Waals surface area contributed by atoms with E-state index in [1.807, 2.05) is 6.92 Å². The molecule has 0 aliphatic rings. The number of nitrogen functional groups attached to an aromatic ring is 1. The highest BCUT2D eigenvalue weighted by atomic mass is 19.1. The highest BCUT2D eigenvalue weighted by molar-refractivity contribution is 5.66. The van der Waals surface area contributed by atoms with Crippen LogP contribution in [0.4, 0.5) is 10.1 Å². The Morgan fingerprint density at radius 2 is 2.25 bits per heavy atom. The molecule has 0 unspecified atom stereocenters. The summed E-state index contributed by atoms with van der Waals surface area (Å²) in [7, 11) is 0. The van der Waals surface area contributed by atoms with Gasteiger partial charge in [0, 0.05) is 11.3 Å². The minimum atomic E-state index is -0.282. The Bertz CT molecular complexity index is 305. The second kappa shape index (κ2) is 3.39. The minimum Gasteiger partial charge on any atom is -0.398 e. The lowest BCUT2D eigenvalue weighted by molar-refractivity contribution is 0.626. The third kappa shape index (κ3) is 1.47. The Hall–Kier alpha value is -1.31. The van der Waals surface area contributed by atoms with Crippen LogP contribution in [0.2, 0.25) is 0 Å². The largest absolute Gasteiger partial charge is 0.398 e. The Kier molecular flexibility index (Phi) is 2.48. The van der Waals surface area contributed by atoms with Gasteiger partial charge in [0.2, 0.25) is 0 Å². The lowest BCUT2D eigenvalue weighted by Crippen LogP contribution is -1.96. The van der Waals surface area contributed by atoms with Crippen LogP contribution in [-0.2, 0) is 6.42 Å². The van der Waals surface area contributed by atoms with Gasteiger partial charge in [-0.25, -0.2) is 4.39 Å². The molecule has 0 aliphatic heterocycles. The van der Waals surface area contributed by atoms with Crippen molar-refractivity contribution < 1.29 is 4.39 Å². The fraction of sp³-hybridized carbons (Fsp3) is 0.200. The Morgan fingerprint density at radius 1 is 1.58 bits per heavy atom. The van der Waals surface area contributed by atoms with E-state index in [0.29, 0.717) is 5.69 Å². The molecule has 2 N–H and O–H groups in total. The lowest BCUT2D eigenvalue weighted by atomic mass is 10.0. The van der Waals surface area contributed by atoms with Crippen molar-refractivity contribution in [2.24, 2.45) is 0 Å². The molecule has 0 atom stereocenters. The van der Waals surface area contributed by atoms with Crippen LogP contribution in [0.15, 0.2) is 18.7 Å². The molecule has 0 aliphatic carbocycles. The fourth-order valence-corrected chi connectivity index (χ4v) is 1.24. The summed E-state index contributed by atoms with van der Waals surface area (Å²) in [6.45, 7) is 5.59. The average molecular weight is 165 g/mol. The third-order valence-electron chi connectivity index (χ3n) is 1.85. The Morgan fingerprint density at radius 3 is 2.75 bits per heavy atom. The Labute approximate surface area is 71.7 Å². The number of anilines is 1. The number of rotatable bonds is 2. The van der Waals surface area contributed by atoms with E-state index in [4.69, 9.17) is 5.73 Å². The van der Waals surface area contributed by atoms with E-state index < -0.39 is 0 Å². The van der Waals surface area contributed by atoms with Gasteiger partial charge >= 0.3 is 0 Å². The van der Waals surface area contributed by atoms with Gasteiger partial charge in [-0.2, -0.15) is 0 Å². The first-order valence-electron chi connectivity index (χ1n) is 3.89. The van der Waals surface area contributed by atoms with Crippen LogP contribution in [0.25, 0.3) is 6.08 Å². The molecular weight excluding hydrogens is 153 g/mol. The van der Waals surface area contributed by atoms with Crippen LogP contribution in [-0.4, -0.2) is 0 Å². The van der Waals surface area contributed by atoms with Crippen molar-refractivity contribution in [2.75, 3.05) is 5.73 Å². The second-order valence-corrected chi connectivity index (χ2v) is 2.63. The number of benzene rings is 1. The molecule has 12 heavy (non-hydrogen) atoms. The molecule has 0 saturated carbocycles. The van der Waals surface area contributed by atoms with Gasteiger partial charge in [-0.05, 0) is 24.1 Å². The lowest BCUT2D eigenvalue weighted by Gasteiger charge is -2.06. The number of hydrogen-bond donors (Lipinski definition) is 1. The molecule has 0 bridgehead atoms. The van der Waals surface area contributed by atoms with Gasteiger partial charge in [-0.1, -0.05) is 19.6 Å². The molecule has 0 heterocycles. The maximum atomic E-state index is 12.8. The standard InChI is InChI=1S/C10H12FN/c1-3-7-5-8(11)6-10(12)9(7)4-2/h4-6H,2-3,12H2,1H3. The van der Waals surface area contributed by atoms with E-state index in [1.54, 1.807) is 6.08 Å². The molecule has 64 valence electrons. The second-order valence-electron chi connectivity index (χ2n) is 2.63. The van der Waals surface area contributed by atoms with E-state index >= 15 is 0 Å². The van der Waals surface area contributed by atoms with Crippen LogP contribution in [0.5, 0.6) is 0 Å². The van der Waals surface area contributed by atoms with Crippen molar-refractivity contribution in [3.8, 4) is 0 Å². The van der Waals surface area contributed by atoms with Gasteiger partial charge < -0.3 is 5.73 Å². The molecule has 1 aromatic rings. The van der Waals surface area contributed by atoms with Crippen molar-refractivity contribution in [2.45, 2.75) is 13.3 Å². The quantitative estimate of drug-likeness (QED) is 0.670. The van der Waals surface area contributed by atoms with Crippen LogP contribution in [0.3, 0.4) is 0 Å². The molecule has 1 rings (SSSR count). The van der Waals surface area contributed by atoms with Crippen LogP contribution in [0, 0.1) is 5.82 Å². The number of nitrogens with two attached hydrogens (primary N) is 1. The number of aryl methyl sites for hydroxylation is 1. The molecule has 2 heteroatoms. The smallest absolute Gasteiger partial charge is 0.125 e. The molecule has 1 nitrogen and oxygen atoms in total. The average Bonchev–Trinajstić information content (AvgIpc) is 2.03. The highest BCUT2D eigenvalue weighted by Gasteiger charge is 2.03. The zero-order valence-electron chi connectivity index (χ0n) is 7.10. The van der Waals surface area contributed by atoms with Crippen LogP contribution in [0.1, 0.15) is 18.1 Å². The van der Waals surface area contributed by atoms with Gasteiger partial charge in [0.25, 0.3) is 0 Å². The molecule has 0 radical (unpaired) electrons. The van der Waals surface area contributed by atoms with Gasteiger partial charge in [0.1, 0.15) is 5.82 Å². The summed E-state index contributed by atoms with van der Waals surface area (Å²) in [5, 5.41) is 0. The molecular formula is C10H12FN. The molecule has 0 fully saturated rings. The first-order valence-corrected chi connectivity index (χ1v) is 3.89. The predicted molar refractivity (Wildman–Crippen MR) is 50.3 cm³/mol. The molecule has 0 saturated heterocycles. The SMILES string of the molecule is C=Cc1c(N)cc(F)cc1CC. The molecule has 0 aromatic heterocycles. The summed E-state index contributed by atoms with van der Waals surface area (Å²) in [6.07, 6.45) is 2.43. The van der Waals surface area contributed by atoms with Crippen molar-refractivity contribution >= 4 is 11.8 Å². The van der Waals surface area contributed by atoms with Crippen molar-refractivity contribution in [3.05, 3.63) is 35.7 Å². The Balaban J connectivity index is 3.33. The number of hydrogen-bond acceptors (Lipinski definition) is 1. The van der Waals surface area contributed by atoms with Gasteiger partial charge in [0.15, 0.2) is 0 Å². The molecule has 0 spiro atoms. The van der Waals surface area contributed by atoms with E-state index in [-0.39, 0.29) is 5.82 Å². The summed E-state index contributed by atoms with van der Waals surface area (Å²) in [6, 6.07) is 2.81. The van der Waals surface area contributed by atoms with Crippen molar-refractivity contribution in [3.63, 3.8) is 0 Å². The normalized spacial score (nSPS) is 9.83. The topological polar surface area (TPSA) is 26.0 Å². The minimum absolute atomic E-state index is 0.282. The fourth-order valence-electron chi connectivity index (χ4n) is 1.24. The molecule has 0 amide bonds. The summed E-state index contributed by atoms with van der Waals surface area (Å²) in [4.78, 5) is 0. The monoisotopic (exact) mass is 165 g/mol. The summed E-state index contributed by atoms with van der Waals surface area (Å²) < 4.78 is 12.8. The summed E-state index contributed by atoms with van der Waals surface area (Å²) in [5.41, 5.74) is 7.81. The van der Waals surface area contributed by atoms with E-state index in [9.17, 15) is 4.39 Å². The van der Waals surface area contributed by atoms with Crippen molar-refractivity contribution in [1.29, 1.82) is 0 Å². The summed E-state index contributed by atoms with van der Waals surface area (Å²) in [5.74, 6) is -0.282. The first-order chi connectivity index (χ1) is 5.69. The van der Waals surface area contributed by atoms with Crippen molar-refractivity contribution in [1.82, 2.24) is 0 Å². The summed E-state index contributed by atoms with van der Waals surface area (Å²) >= 11 is 0.